The zero-order chi connectivity index (χ0) is 22.5. The molecule has 3 aromatic rings. The number of thiophene rings is 1. The minimum atomic E-state index is -0.536. The summed E-state index contributed by atoms with van der Waals surface area (Å²) in [5.41, 5.74) is 5.15. The van der Waals surface area contributed by atoms with Crippen molar-refractivity contribution in [1.29, 1.82) is 0 Å². The van der Waals surface area contributed by atoms with Gasteiger partial charge in [-0.3, -0.25) is 25.8 Å². The number of ether oxygens (including phenoxy) is 3. The molecule has 162 valence electrons. The number of thiocarbonyl (C=S) groups is 1. The highest BCUT2D eigenvalue weighted by molar-refractivity contribution is 7.80. The maximum Gasteiger partial charge on any atom is 0.281 e. The highest BCUT2D eigenvalue weighted by atomic mass is 35.5. The van der Waals surface area contributed by atoms with Crippen LogP contribution < -0.4 is 30.4 Å². The smallest absolute Gasteiger partial charge is 0.281 e. The summed E-state index contributed by atoms with van der Waals surface area (Å²) in [6.07, 6.45) is 0. The second kappa shape index (κ2) is 9.82. The Morgan fingerprint density at radius 2 is 1.61 bits per heavy atom. The molecule has 0 fully saturated rings. The van der Waals surface area contributed by atoms with Crippen molar-refractivity contribution < 1.29 is 23.8 Å². The molecule has 1 aromatic heterocycles. The molecule has 0 aliphatic rings. The van der Waals surface area contributed by atoms with Crippen LogP contribution in [0.5, 0.6) is 17.2 Å². The van der Waals surface area contributed by atoms with E-state index in [1.165, 1.54) is 44.8 Å². The number of hydrazine groups is 1. The van der Waals surface area contributed by atoms with Crippen LogP contribution in [0.3, 0.4) is 0 Å². The lowest BCUT2D eigenvalue weighted by Crippen LogP contribution is -2.48. The summed E-state index contributed by atoms with van der Waals surface area (Å²) in [4.78, 5) is 25.3. The van der Waals surface area contributed by atoms with Crippen LogP contribution in [0.15, 0.2) is 36.4 Å². The average Bonchev–Trinajstić information content (AvgIpc) is 3.13. The number of hydrogen-bond acceptors (Lipinski definition) is 7. The Kier molecular flexibility index (Phi) is 7.16. The first kappa shape index (κ1) is 22.6. The maximum absolute atomic E-state index is 12.6. The van der Waals surface area contributed by atoms with E-state index >= 15 is 0 Å². The van der Waals surface area contributed by atoms with Crippen molar-refractivity contribution in [2.75, 3.05) is 21.3 Å². The van der Waals surface area contributed by atoms with Crippen LogP contribution in [0.25, 0.3) is 10.1 Å². The maximum atomic E-state index is 12.6. The molecule has 0 aliphatic carbocycles. The molecule has 3 N–H and O–H groups in total. The summed E-state index contributed by atoms with van der Waals surface area (Å²) in [6, 6.07) is 10.4. The van der Waals surface area contributed by atoms with Gasteiger partial charge in [-0.25, -0.2) is 0 Å². The van der Waals surface area contributed by atoms with Crippen molar-refractivity contribution in [3.8, 4) is 17.2 Å². The summed E-state index contributed by atoms with van der Waals surface area (Å²) in [7, 11) is 4.35. The molecule has 11 heteroatoms. The highest BCUT2D eigenvalue weighted by Gasteiger charge is 2.19. The molecule has 0 spiro atoms. The van der Waals surface area contributed by atoms with E-state index in [1.54, 1.807) is 0 Å². The first-order valence-electron chi connectivity index (χ1n) is 8.78. The molecule has 0 unspecified atom stereocenters. The van der Waals surface area contributed by atoms with E-state index in [4.69, 9.17) is 38.0 Å². The SMILES string of the molecule is COc1cc(C(=O)NC(=S)NNC(=O)c2sc3ccccc3c2Cl)cc(OC)c1OC. The van der Waals surface area contributed by atoms with Gasteiger partial charge in [0.1, 0.15) is 4.88 Å². The number of methoxy groups -OCH3 is 3. The van der Waals surface area contributed by atoms with Gasteiger partial charge >= 0.3 is 0 Å². The number of amides is 2. The van der Waals surface area contributed by atoms with E-state index in [2.05, 4.69) is 16.2 Å². The van der Waals surface area contributed by atoms with Crippen molar-refractivity contribution in [2.24, 2.45) is 0 Å². The lowest BCUT2D eigenvalue weighted by Gasteiger charge is -2.14. The van der Waals surface area contributed by atoms with Crippen LogP contribution in [0, 0.1) is 0 Å². The summed E-state index contributed by atoms with van der Waals surface area (Å²) in [5.74, 6) is -0.0200. The van der Waals surface area contributed by atoms with Crippen molar-refractivity contribution in [3.63, 3.8) is 0 Å². The summed E-state index contributed by atoms with van der Waals surface area (Å²) >= 11 is 12.6. The lowest BCUT2D eigenvalue weighted by molar-refractivity contribution is 0.0938. The lowest BCUT2D eigenvalue weighted by atomic mass is 10.1. The van der Waals surface area contributed by atoms with E-state index < -0.39 is 11.8 Å². The third-order valence-corrected chi connectivity index (χ3v) is 6.06. The topological polar surface area (TPSA) is 97.9 Å². The van der Waals surface area contributed by atoms with Gasteiger partial charge in [0.15, 0.2) is 16.6 Å². The van der Waals surface area contributed by atoms with Crippen LogP contribution in [-0.2, 0) is 0 Å². The number of carbonyl (C=O) groups is 2. The Morgan fingerprint density at radius 1 is 0.968 bits per heavy atom. The van der Waals surface area contributed by atoms with Crippen LogP contribution in [0.2, 0.25) is 5.02 Å². The molecule has 3 rings (SSSR count). The highest BCUT2D eigenvalue weighted by Crippen LogP contribution is 2.38. The quantitative estimate of drug-likeness (QED) is 0.380. The van der Waals surface area contributed by atoms with Gasteiger partial charge < -0.3 is 14.2 Å². The fourth-order valence-electron chi connectivity index (χ4n) is 2.75. The van der Waals surface area contributed by atoms with Crippen molar-refractivity contribution in [3.05, 3.63) is 51.9 Å². The van der Waals surface area contributed by atoms with Gasteiger partial charge in [-0.15, -0.1) is 11.3 Å². The Hall–Kier alpha value is -3.08. The number of benzene rings is 2. The van der Waals surface area contributed by atoms with Gasteiger partial charge in [-0.05, 0) is 30.4 Å². The minimum Gasteiger partial charge on any atom is -0.493 e. The Bertz CT molecular complexity index is 1140. The second-order valence-corrected chi connectivity index (χ2v) is 7.86. The molecule has 0 saturated carbocycles. The molecule has 2 aromatic carbocycles. The molecular formula is C20H18ClN3O5S2. The monoisotopic (exact) mass is 479 g/mol. The molecule has 1 heterocycles. The molecule has 2 amide bonds. The molecular weight excluding hydrogens is 462 g/mol. The Balaban J connectivity index is 1.66. The first-order chi connectivity index (χ1) is 14.9. The van der Waals surface area contributed by atoms with Gasteiger partial charge in [0.2, 0.25) is 5.75 Å². The molecule has 0 bridgehead atoms. The fraction of sp³-hybridized carbons (Fsp3) is 0.150. The molecule has 0 aliphatic heterocycles. The normalized spacial score (nSPS) is 10.3. The van der Waals surface area contributed by atoms with E-state index in [1.807, 2.05) is 24.3 Å². The van der Waals surface area contributed by atoms with Crippen molar-refractivity contribution in [1.82, 2.24) is 16.2 Å². The Morgan fingerprint density at radius 3 is 2.19 bits per heavy atom. The third kappa shape index (κ3) is 4.82. The van der Waals surface area contributed by atoms with E-state index in [0.717, 1.165) is 10.1 Å². The standard InChI is InChI=1S/C20H18ClN3O5S2/c1-27-12-8-10(9-13(28-2)16(12)29-3)18(25)22-20(30)24-23-19(26)17-15(21)11-6-4-5-7-14(11)31-17/h4-9H,1-3H3,(H,23,26)(H2,22,24,25,30). The zero-order valence-corrected chi connectivity index (χ0v) is 19.1. The first-order valence-corrected chi connectivity index (χ1v) is 10.4. The van der Waals surface area contributed by atoms with Crippen molar-refractivity contribution >= 4 is 62.2 Å². The molecule has 0 radical (unpaired) electrons. The second-order valence-electron chi connectivity index (χ2n) is 6.02. The number of halogens is 1. The summed E-state index contributed by atoms with van der Waals surface area (Å²) in [5, 5.41) is 3.51. The number of rotatable bonds is 5. The zero-order valence-electron chi connectivity index (χ0n) is 16.7. The van der Waals surface area contributed by atoms with Crippen LogP contribution >= 0.6 is 35.2 Å². The number of hydrogen-bond donors (Lipinski definition) is 3. The van der Waals surface area contributed by atoms with Crippen LogP contribution in [-0.4, -0.2) is 38.3 Å². The van der Waals surface area contributed by atoms with Gasteiger partial charge in [-0.2, -0.15) is 0 Å². The predicted molar refractivity (Wildman–Crippen MR) is 124 cm³/mol. The molecule has 0 saturated heterocycles. The summed E-state index contributed by atoms with van der Waals surface area (Å²) < 4.78 is 16.6. The number of carbonyl (C=O) groups excluding carboxylic acids is 2. The molecule has 8 nitrogen and oxygen atoms in total. The minimum absolute atomic E-state index is 0.107. The molecule has 0 atom stereocenters. The van der Waals surface area contributed by atoms with Gasteiger partial charge in [0.25, 0.3) is 11.8 Å². The van der Waals surface area contributed by atoms with Gasteiger partial charge in [0.05, 0.1) is 26.4 Å². The average molecular weight is 480 g/mol. The third-order valence-electron chi connectivity index (χ3n) is 4.18. The van der Waals surface area contributed by atoms with E-state index in [0.29, 0.717) is 27.1 Å². The predicted octanol–water partition coefficient (Wildman–Crippen LogP) is 3.53. The van der Waals surface area contributed by atoms with Gasteiger partial charge in [0, 0.05) is 15.6 Å². The summed E-state index contributed by atoms with van der Waals surface area (Å²) in [6.45, 7) is 0. The van der Waals surface area contributed by atoms with Gasteiger partial charge in [-0.1, -0.05) is 29.8 Å². The Labute approximate surface area is 192 Å². The number of fused-ring (bicyclic) bond motifs is 1. The van der Waals surface area contributed by atoms with Crippen LogP contribution in [0.1, 0.15) is 20.0 Å². The molecule has 31 heavy (non-hydrogen) atoms. The van der Waals surface area contributed by atoms with E-state index in [9.17, 15) is 9.59 Å². The largest absolute Gasteiger partial charge is 0.493 e. The fourth-order valence-corrected chi connectivity index (χ4v) is 4.31. The van der Waals surface area contributed by atoms with Crippen molar-refractivity contribution in [2.45, 2.75) is 0 Å². The van der Waals surface area contributed by atoms with Crippen LogP contribution in [0.4, 0.5) is 0 Å². The van der Waals surface area contributed by atoms with E-state index in [-0.39, 0.29) is 10.7 Å². The number of nitrogens with one attached hydrogen (secondary N) is 3.